The van der Waals surface area contributed by atoms with E-state index in [4.69, 9.17) is 0 Å². The minimum atomic E-state index is -0.762. The maximum atomic E-state index is 13.1. The SMILES string of the molecule is CC1=CC(C)(C)N(C)c2ccc(/C=C3/C(=O)NC(=O)N(c4ccc(Br)cc4)C3=O)cc21. The van der Waals surface area contributed by atoms with Crippen LogP contribution in [0.15, 0.2) is 58.6 Å². The van der Waals surface area contributed by atoms with Gasteiger partial charge < -0.3 is 4.90 Å². The van der Waals surface area contributed by atoms with E-state index in [0.717, 1.165) is 26.2 Å². The first kappa shape index (κ1) is 21.1. The number of barbiturate groups is 1. The molecule has 4 amide bonds. The summed E-state index contributed by atoms with van der Waals surface area (Å²) in [5, 5.41) is 2.26. The van der Waals surface area contributed by atoms with Gasteiger partial charge in [0.25, 0.3) is 11.8 Å². The van der Waals surface area contributed by atoms with Crippen LogP contribution in [-0.2, 0) is 9.59 Å². The average molecular weight is 480 g/mol. The second kappa shape index (κ2) is 7.50. The van der Waals surface area contributed by atoms with Crippen LogP contribution < -0.4 is 15.1 Å². The van der Waals surface area contributed by atoms with Crippen LogP contribution >= 0.6 is 15.9 Å². The standard InChI is InChI=1S/C24H22BrN3O3/c1-14-13-24(2,3)27(4)20-10-5-15(11-18(14)20)12-19-21(29)26-23(31)28(22(19)30)17-8-6-16(25)7-9-17/h5-13H,1-4H3,(H,26,29,31)/b19-12-. The van der Waals surface area contributed by atoms with Gasteiger partial charge in [0.15, 0.2) is 0 Å². The van der Waals surface area contributed by atoms with Crippen LogP contribution in [0.4, 0.5) is 16.2 Å². The van der Waals surface area contributed by atoms with E-state index in [-0.39, 0.29) is 11.1 Å². The molecule has 2 aliphatic rings. The highest BCUT2D eigenvalue weighted by Gasteiger charge is 2.37. The summed E-state index contributed by atoms with van der Waals surface area (Å²) < 4.78 is 0.818. The van der Waals surface area contributed by atoms with Crippen molar-refractivity contribution in [2.24, 2.45) is 0 Å². The second-order valence-corrected chi connectivity index (χ2v) is 9.17. The van der Waals surface area contributed by atoms with E-state index in [9.17, 15) is 14.4 Å². The number of allylic oxidation sites excluding steroid dienone is 1. The predicted molar refractivity (Wildman–Crippen MR) is 126 cm³/mol. The van der Waals surface area contributed by atoms with Crippen molar-refractivity contribution in [1.82, 2.24) is 5.32 Å². The number of benzene rings is 2. The lowest BCUT2D eigenvalue weighted by molar-refractivity contribution is -0.122. The van der Waals surface area contributed by atoms with Crippen LogP contribution in [0.25, 0.3) is 11.6 Å². The third-order valence-corrected chi connectivity index (χ3v) is 6.27. The number of carbonyl (C=O) groups excluding carboxylic acids is 3. The van der Waals surface area contributed by atoms with Crippen molar-refractivity contribution in [3.63, 3.8) is 0 Å². The molecule has 31 heavy (non-hydrogen) atoms. The summed E-state index contributed by atoms with van der Waals surface area (Å²) >= 11 is 3.33. The van der Waals surface area contributed by atoms with Crippen LogP contribution in [0.3, 0.4) is 0 Å². The van der Waals surface area contributed by atoms with Gasteiger partial charge in [-0.05, 0) is 74.4 Å². The zero-order chi connectivity index (χ0) is 22.5. The van der Waals surface area contributed by atoms with E-state index in [0.29, 0.717) is 11.3 Å². The Balaban J connectivity index is 1.73. The number of hydrogen-bond donors (Lipinski definition) is 1. The Morgan fingerprint density at radius 3 is 2.39 bits per heavy atom. The number of carbonyl (C=O) groups is 3. The molecule has 2 aliphatic heterocycles. The number of urea groups is 1. The minimum Gasteiger partial charge on any atom is -0.366 e. The molecule has 0 spiro atoms. The van der Waals surface area contributed by atoms with Gasteiger partial charge in [0.1, 0.15) is 5.57 Å². The van der Waals surface area contributed by atoms with E-state index in [2.05, 4.69) is 53.0 Å². The lowest BCUT2D eigenvalue weighted by atomic mass is 9.88. The molecular weight excluding hydrogens is 458 g/mol. The summed E-state index contributed by atoms with van der Waals surface area (Å²) in [6.07, 6.45) is 3.72. The van der Waals surface area contributed by atoms with Crippen molar-refractivity contribution in [2.45, 2.75) is 26.3 Å². The third kappa shape index (κ3) is 3.70. The summed E-state index contributed by atoms with van der Waals surface area (Å²) in [7, 11) is 2.04. The molecule has 158 valence electrons. The van der Waals surface area contributed by atoms with Crippen molar-refractivity contribution in [3.05, 3.63) is 69.7 Å². The fraction of sp³-hybridized carbons (Fsp3) is 0.208. The number of nitrogens with zero attached hydrogens (tertiary/aromatic N) is 2. The van der Waals surface area contributed by atoms with Crippen molar-refractivity contribution in [3.8, 4) is 0 Å². The molecule has 0 aromatic heterocycles. The molecule has 0 bridgehead atoms. The Kier molecular flexibility index (Phi) is 5.09. The Morgan fingerprint density at radius 1 is 1.03 bits per heavy atom. The van der Waals surface area contributed by atoms with Gasteiger partial charge in [0.05, 0.1) is 11.2 Å². The minimum absolute atomic E-state index is 0.0893. The topological polar surface area (TPSA) is 69.7 Å². The van der Waals surface area contributed by atoms with E-state index in [1.165, 1.54) is 6.08 Å². The van der Waals surface area contributed by atoms with E-state index < -0.39 is 17.8 Å². The highest BCUT2D eigenvalue weighted by atomic mass is 79.9. The molecule has 1 N–H and O–H groups in total. The van der Waals surface area contributed by atoms with Gasteiger partial charge in [-0.25, -0.2) is 9.69 Å². The molecule has 7 heteroatoms. The molecule has 2 heterocycles. The normalized spacial score (nSPS) is 19.3. The number of likely N-dealkylation sites (N-methyl/N-ethyl adjacent to an activating group) is 1. The van der Waals surface area contributed by atoms with Crippen LogP contribution in [0.5, 0.6) is 0 Å². The first-order valence-electron chi connectivity index (χ1n) is 9.83. The van der Waals surface area contributed by atoms with Gasteiger partial charge in [-0.2, -0.15) is 0 Å². The quantitative estimate of drug-likeness (QED) is 0.498. The largest absolute Gasteiger partial charge is 0.366 e. The number of halogens is 1. The van der Waals surface area contributed by atoms with Crippen LogP contribution in [0, 0.1) is 0 Å². The Morgan fingerprint density at radius 2 is 1.71 bits per heavy atom. The summed E-state index contributed by atoms with van der Waals surface area (Å²) in [5.74, 6) is -1.36. The van der Waals surface area contributed by atoms with Crippen LogP contribution in [-0.4, -0.2) is 30.4 Å². The smallest absolute Gasteiger partial charge is 0.335 e. The van der Waals surface area contributed by atoms with Crippen LogP contribution in [0.2, 0.25) is 0 Å². The number of amides is 4. The molecule has 1 saturated heterocycles. The first-order valence-corrected chi connectivity index (χ1v) is 10.6. The molecule has 1 fully saturated rings. The van der Waals surface area contributed by atoms with E-state index in [1.54, 1.807) is 24.3 Å². The Hall–Kier alpha value is -3.19. The summed E-state index contributed by atoms with van der Waals surface area (Å²) in [6, 6.07) is 11.8. The van der Waals surface area contributed by atoms with E-state index in [1.807, 2.05) is 25.2 Å². The first-order chi connectivity index (χ1) is 14.6. The van der Waals surface area contributed by atoms with Crippen molar-refractivity contribution < 1.29 is 14.4 Å². The van der Waals surface area contributed by atoms with Gasteiger partial charge in [-0.1, -0.05) is 28.1 Å². The third-order valence-electron chi connectivity index (χ3n) is 5.74. The van der Waals surface area contributed by atoms with Gasteiger partial charge in [-0.3, -0.25) is 14.9 Å². The van der Waals surface area contributed by atoms with Gasteiger partial charge in [-0.15, -0.1) is 0 Å². The highest BCUT2D eigenvalue weighted by molar-refractivity contribution is 9.10. The second-order valence-electron chi connectivity index (χ2n) is 8.25. The molecule has 4 rings (SSSR count). The molecule has 0 saturated carbocycles. The number of rotatable bonds is 2. The Labute approximate surface area is 189 Å². The summed E-state index contributed by atoms with van der Waals surface area (Å²) in [6.45, 7) is 6.35. The Bertz CT molecular complexity index is 1180. The zero-order valence-corrected chi connectivity index (χ0v) is 19.3. The lowest BCUT2D eigenvalue weighted by Gasteiger charge is -2.40. The molecule has 0 unspecified atom stereocenters. The van der Waals surface area contributed by atoms with E-state index >= 15 is 0 Å². The maximum Gasteiger partial charge on any atom is 0.335 e. The van der Waals surface area contributed by atoms with Crippen LogP contribution in [0.1, 0.15) is 31.9 Å². The van der Waals surface area contributed by atoms with Gasteiger partial charge >= 0.3 is 6.03 Å². The predicted octanol–water partition coefficient (Wildman–Crippen LogP) is 4.75. The number of nitrogens with one attached hydrogen (secondary N) is 1. The lowest BCUT2D eigenvalue weighted by Crippen LogP contribution is -2.54. The fourth-order valence-corrected chi connectivity index (χ4v) is 4.18. The number of hydrogen-bond acceptors (Lipinski definition) is 4. The molecule has 6 nitrogen and oxygen atoms in total. The molecule has 0 aliphatic carbocycles. The average Bonchev–Trinajstić information content (AvgIpc) is 2.70. The summed E-state index contributed by atoms with van der Waals surface area (Å²) in [5.41, 5.74) is 4.15. The number of imide groups is 2. The zero-order valence-electron chi connectivity index (χ0n) is 17.7. The van der Waals surface area contributed by atoms with Gasteiger partial charge in [0, 0.05) is 22.8 Å². The monoisotopic (exact) mass is 479 g/mol. The molecule has 2 aromatic carbocycles. The van der Waals surface area contributed by atoms with Gasteiger partial charge in [0.2, 0.25) is 0 Å². The van der Waals surface area contributed by atoms with Crippen molar-refractivity contribution in [2.75, 3.05) is 16.8 Å². The molecule has 0 radical (unpaired) electrons. The molecular formula is C24H22BrN3O3. The number of fused-ring (bicyclic) bond motifs is 1. The fourth-order valence-electron chi connectivity index (χ4n) is 3.92. The van der Waals surface area contributed by atoms with Crippen molar-refractivity contribution in [1.29, 1.82) is 0 Å². The maximum absolute atomic E-state index is 13.1. The molecule has 0 atom stereocenters. The molecule has 2 aromatic rings. The summed E-state index contributed by atoms with van der Waals surface area (Å²) in [4.78, 5) is 41.1. The van der Waals surface area contributed by atoms with Crippen molar-refractivity contribution >= 4 is 56.8 Å². The number of anilines is 2. The highest BCUT2D eigenvalue weighted by Crippen LogP contribution is 2.38.